The van der Waals surface area contributed by atoms with Crippen molar-refractivity contribution < 1.29 is 46.2 Å². The summed E-state index contributed by atoms with van der Waals surface area (Å²) in [6, 6.07) is 7.11. The number of aliphatic hydroxyl groups is 1. The molecule has 1 aliphatic rings. The van der Waals surface area contributed by atoms with Crippen LogP contribution in [0.15, 0.2) is 47.4 Å². The van der Waals surface area contributed by atoms with Gasteiger partial charge in [-0.3, -0.25) is 23.7 Å². The van der Waals surface area contributed by atoms with Crippen molar-refractivity contribution in [1.29, 1.82) is 0 Å². The molecule has 2 heterocycles. The summed E-state index contributed by atoms with van der Waals surface area (Å²) in [5.74, 6) is -4.31. The average Bonchev–Trinajstić information content (AvgIpc) is 3.05. The molecule has 0 amide bonds. The number of aromatic amines is 1. The predicted molar refractivity (Wildman–Crippen MR) is 130 cm³/mol. The molecule has 38 heavy (non-hydrogen) atoms. The van der Waals surface area contributed by atoms with Crippen LogP contribution in [0.25, 0.3) is 0 Å². The van der Waals surface area contributed by atoms with Crippen molar-refractivity contribution in [3.63, 3.8) is 0 Å². The van der Waals surface area contributed by atoms with Crippen LogP contribution in [-0.4, -0.2) is 63.7 Å². The topological polar surface area (TPSA) is 141 Å². The molecule has 3 rings (SSSR count). The first kappa shape index (κ1) is 30.0. The largest absolute Gasteiger partial charge is 0.462 e. The van der Waals surface area contributed by atoms with Crippen molar-refractivity contribution in [3.8, 4) is 5.75 Å². The lowest BCUT2D eigenvalue weighted by Crippen LogP contribution is -2.50. The maximum Gasteiger partial charge on any atom is 0.459 e. The van der Waals surface area contributed by atoms with Gasteiger partial charge in [0.1, 0.15) is 25.1 Å². The first-order valence-electron chi connectivity index (χ1n) is 11.3. The van der Waals surface area contributed by atoms with E-state index < -0.39 is 73.3 Å². The van der Waals surface area contributed by atoms with Gasteiger partial charge >= 0.3 is 13.7 Å². The van der Waals surface area contributed by atoms with Crippen molar-refractivity contribution in [2.75, 3.05) is 13.3 Å². The summed E-state index contributed by atoms with van der Waals surface area (Å²) >= 11 is 4.92. The number of nitrogens with zero attached hydrogens (tertiary/aromatic N) is 1. The zero-order valence-corrected chi connectivity index (χ0v) is 22.2. The number of esters is 1. The van der Waals surface area contributed by atoms with Gasteiger partial charge in [0.05, 0.1) is 6.10 Å². The van der Waals surface area contributed by atoms with Crippen LogP contribution < -0.4 is 15.2 Å². The number of benzene rings is 1. The standard InChI is InChI=1S/C22H27F3N3O8PS/c1-13(2)34-17(30)14(3)27-37(32,36-15-7-5-4-6-8-15)33-12-22(25)18(31)21(24,11-23)19(35-22)28-10-9-16(29)26-20(28)38/h4-10,13-14,18-19,31H,11-12H2,1-3H3,(H,27,32)(H,26,29,38)/t14-,18?,19+,21+,22+,37?/m0/s1. The summed E-state index contributed by atoms with van der Waals surface area (Å²) in [5, 5.41) is 12.8. The SMILES string of the molecule is CC(C)OC(=O)[C@H](C)NP(=O)(OC[C@@]1(F)O[C@@H](n2ccc(=O)[nH]c2=S)[C@@](F)(CF)C1O)Oc1ccccc1. The number of halogens is 3. The van der Waals surface area contributed by atoms with Crippen LogP contribution in [0.2, 0.25) is 0 Å². The monoisotopic (exact) mass is 581 g/mol. The number of carbonyl (C=O) groups is 1. The van der Waals surface area contributed by atoms with E-state index >= 15 is 8.78 Å². The van der Waals surface area contributed by atoms with E-state index in [0.717, 1.165) is 12.3 Å². The van der Waals surface area contributed by atoms with Crippen molar-refractivity contribution in [1.82, 2.24) is 14.6 Å². The average molecular weight is 582 g/mol. The number of carbonyl (C=O) groups excluding carboxylic acids is 1. The first-order chi connectivity index (χ1) is 17.7. The van der Waals surface area contributed by atoms with Gasteiger partial charge in [0.2, 0.25) is 5.67 Å². The summed E-state index contributed by atoms with van der Waals surface area (Å²) in [5.41, 5.74) is -4.06. The van der Waals surface area contributed by atoms with E-state index in [9.17, 15) is 23.7 Å². The van der Waals surface area contributed by atoms with E-state index in [-0.39, 0.29) is 5.75 Å². The number of hydrogen-bond acceptors (Lipinski definition) is 9. The molecule has 16 heteroatoms. The summed E-state index contributed by atoms with van der Waals surface area (Å²) in [4.78, 5) is 25.9. The van der Waals surface area contributed by atoms with Gasteiger partial charge < -0.3 is 19.1 Å². The van der Waals surface area contributed by atoms with Crippen LogP contribution >= 0.6 is 20.0 Å². The molecule has 0 spiro atoms. The Balaban J connectivity index is 1.89. The lowest BCUT2D eigenvalue weighted by molar-refractivity contribution is -0.203. The second-order valence-corrected chi connectivity index (χ2v) is 10.8. The summed E-state index contributed by atoms with van der Waals surface area (Å²) in [6.07, 6.45) is -4.55. The quantitative estimate of drug-likeness (QED) is 0.206. The van der Waals surface area contributed by atoms with Gasteiger partial charge in [0.15, 0.2) is 17.1 Å². The van der Waals surface area contributed by atoms with Gasteiger partial charge in [-0.2, -0.15) is 5.09 Å². The molecular formula is C22H27F3N3O8PS. The van der Waals surface area contributed by atoms with Crippen molar-refractivity contribution in [2.45, 2.75) is 56.8 Å². The van der Waals surface area contributed by atoms with Gasteiger partial charge in [-0.25, -0.2) is 17.7 Å². The molecule has 1 aromatic carbocycles. The minimum atomic E-state index is -4.65. The fourth-order valence-electron chi connectivity index (χ4n) is 3.50. The Hall–Kier alpha value is -2.55. The number of rotatable bonds is 11. The maximum atomic E-state index is 15.9. The third kappa shape index (κ3) is 6.53. The Bertz CT molecular complexity index is 1300. The molecule has 1 aromatic heterocycles. The van der Waals surface area contributed by atoms with Crippen LogP contribution in [0.4, 0.5) is 13.2 Å². The third-order valence-electron chi connectivity index (χ3n) is 5.35. The van der Waals surface area contributed by atoms with Gasteiger partial charge in [0, 0.05) is 12.3 Å². The molecule has 1 saturated heterocycles. The molecule has 0 radical (unpaired) electrons. The fourth-order valence-corrected chi connectivity index (χ4v) is 5.26. The Morgan fingerprint density at radius 1 is 1.29 bits per heavy atom. The molecular weight excluding hydrogens is 554 g/mol. The highest BCUT2D eigenvalue weighted by atomic mass is 32.1. The first-order valence-corrected chi connectivity index (χ1v) is 13.3. The number of alkyl halides is 3. The lowest BCUT2D eigenvalue weighted by Gasteiger charge is -2.28. The second kappa shape index (κ2) is 11.7. The molecule has 1 fully saturated rings. The van der Waals surface area contributed by atoms with Gasteiger partial charge in [-0.05, 0) is 45.1 Å². The van der Waals surface area contributed by atoms with Crippen LogP contribution in [0.3, 0.4) is 0 Å². The van der Waals surface area contributed by atoms with Gasteiger partial charge in [-0.1, -0.05) is 18.2 Å². The molecule has 1 aliphatic heterocycles. The molecule has 0 saturated carbocycles. The van der Waals surface area contributed by atoms with E-state index in [0.29, 0.717) is 4.57 Å². The Kier molecular flexibility index (Phi) is 9.22. The number of ether oxygens (including phenoxy) is 2. The maximum absolute atomic E-state index is 15.9. The fraction of sp³-hybridized carbons (Fsp3) is 0.500. The number of aromatic nitrogens is 2. The van der Waals surface area contributed by atoms with Gasteiger partial charge in [-0.15, -0.1) is 0 Å². The third-order valence-corrected chi connectivity index (χ3v) is 7.28. The number of para-hydroxylation sites is 1. The van der Waals surface area contributed by atoms with Crippen LogP contribution in [0.5, 0.6) is 5.75 Å². The van der Waals surface area contributed by atoms with E-state index in [4.69, 9.17) is 30.7 Å². The number of aliphatic hydroxyl groups excluding tert-OH is 1. The molecule has 0 bridgehead atoms. The second-order valence-electron chi connectivity index (χ2n) is 8.75. The highest BCUT2D eigenvalue weighted by Crippen LogP contribution is 2.52. The Morgan fingerprint density at radius 3 is 2.53 bits per heavy atom. The van der Waals surface area contributed by atoms with Crippen molar-refractivity contribution in [2.24, 2.45) is 0 Å². The lowest BCUT2D eigenvalue weighted by atomic mass is 9.96. The van der Waals surface area contributed by atoms with Crippen molar-refractivity contribution in [3.05, 3.63) is 57.7 Å². The molecule has 2 aromatic rings. The van der Waals surface area contributed by atoms with Crippen LogP contribution in [-0.2, 0) is 23.4 Å². The Labute approximate surface area is 220 Å². The molecule has 6 atom stereocenters. The number of nitrogens with one attached hydrogen (secondary N) is 2. The molecule has 210 valence electrons. The molecule has 0 aliphatic carbocycles. The smallest absolute Gasteiger partial charge is 0.459 e. The van der Waals surface area contributed by atoms with Crippen molar-refractivity contribution >= 4 is 25.9 Å². The zero-order valence-electron chi connectivity index (χ0n) is 20.5. The van der Waals surface area contributed by atoms with E-state index in [1.807, 2.05) is 0 Å². The minimum absolute atomic E-state index is 0.00502. The number of H-pyrrole nitrogens is 1. The zero-order chi connectivity index (χ0) is 28.3. The summed E-state index contributed by atoms with van der Waals surface area (Å²) in [7, 11) is -4.65. The predicted octanol–water partition coefficient (Wildman–Crippen LogP) is 3.27. The van der Waals surface area contributed by atoms with Gasteiger partial charge in [0.25, 0.3) is 11.4 Å². The number of hydrogen-bond donors (Lipinski definition) is 3. The molecule has 3 N–H and O–H groups in total. The molecule has 2 unspecified atom stereocenters. The van der Waals surface area contributed by atoms with E-state index in [2.05, 4.69) is 10.1 Å². The normalized spacial score (nSPS) is 27.6. The van der Waals surface area contributed by atoms with E-state index in [1.165, 1.54) is 31.2 Å². The highest BCUT2D eigenvalue weighted by Gasteiger charge is 2.67. The summed E-state index contributed by atoms with van der Waals surface area (Å²) < 4.78 is 79.8. The highest BCUT2D eigenvalue weighted by molar-refractivity contribution is 7.71. The van der Waals surface area contributed by atoms with E-state index in [1.54, 1.807) is 19.9 Å². The molecule has 11 nitrogen and oxygen atoms in total. The van der Waals surface area contributed by atoms with Crippen LogP contribution in [0.1, 0.15) is 27.0 Å². The van der Waals surface area contributed by atoms with Crippen LogP contribution in [0, 0.1) is 4.77 Å². The Morgan fingerprint density at radius 2 is 1.95 bits per heavy atom. The summed E-state index contributed by atoms with van der Waals surface area (Å²) in [6.45, 7) is 1.11. The minimum Gasteiger partial charge on any atom is -0.462 e.